The maximum absolute atomic E-state index is 3.64. The first-order chi connectivity index (χ1) is 6.42. The van der Waals surface area contributed by atoms with Gasteiger partial charge in [-0.2, -0.15) is 0 Å². The first kappa shape index (κ1) is 12.0. The Morgan fingerprint density at radius 2 is 1.86 bits per heavy atom. The monoisotopic (exact) mass is 197 g/mol. The van der Waals surface area contributed by atoms with Gasteiger partial charge in [0.05, 0.1) is 0 Å². The zero-order valence-electron chi connectivity index (χ0n) is 10.6. The third-order valence-electron chi connectivity index (χ3n) is 3.62. The van der Waals surface area contributed by atoms with E-state index in [2.05, 4.69) is 39.9 Å². The molecule has 1 heteroatoms. The van der Waals surface area contributed by atoms with Crippen molar-refractivity contribution in [2.24, 2.45) is 17.8 Å². The third-order valence-corrected chi connectivity index (χ3v) is 3.62. The second-order valence-corrected chi connectivity index (χ2v) is 6.11. The van der Waals surface area contributed by atoms with Gasteiger partial charge in [0.2, 0.25) is 0 Å². The highest BCUT2D eigenvalue weighted by atomic mass is 14.9. The molecule has 0 aromatic heterocycles. The third kappa shape index (κ3) is 3.61. The summed E-state index contributed by atoms with van der Waals surface area (Å²) in [5, 5.41) is 3.64. The Kier molecular flexibility index (Phi) is 4.00. The zero-order valence-corrected chi connectivity index (χ0v) is 10.6. The highest BCUT2D eigenvalue weighted by molar-refractivity contribution is 4.83. The van der Waals surface area contributed by atoms with Crippen LogP contribution in [0.25, 0.3) is 0 Å². The number of nitrogens with one attached hydrogen (secondary N) is 1. The van der Waals surface area contributed by atoms with E-state index in [0.29, 0.717) is 0 Å². The van der Waals surface area contributed by atoms with Crippen molar-refractivity contribution in [2.75, 3.05) is 6.54 Å². The molecule has 0 heterocycles. The van der Waals surface area contributed by atoms with E-state index in [9.17, 15) is 0 Å². The van der Waals surface area contributed by atoms with Gasteiger partial charge < -0.3 is 5.32 Å². The van der Waals surface area contributed by atoms with E-state index in [0.717, 1.165) is 17.8 Å². The minimum atomic E-state index is 0.282. The highest BCUT2D eigenvalue weighted by Crippen LogP contribution is 2.37. The van der Waals surface area contributed by atoms with Gasteiger partial charge >= 0.3 is 0 Å². The van der Waals surface area contributed by atoms with Crippen molar-refractivity contribution >= 4 is 0 Å². The Balaban J connectivity index is 2.32. The van der Waals surface area contributed by atoms with Crippen molar-refractivity contribution in [2.45, 2.75) is 59.4 Å². The molecule has 1 rings (SSSR count). The number of rotatable bonds is 3. The molecular weight excluding hydrogens is 170 g/mol. The van der Waals surface area contributed by atoms with Gasteiger partial charge in [0.15, 0.2) is 0 Å². The van der Waals surface area contributed by atoms with Crippen molar-refractivity contribution in [3.05, 3.63) is 0 Å². The predicted molar refractivity (Wildman–Crippen MR) is 63.4 cm³/mol. The van der Waals surface area contributed by atoms with Crippen molar-refractivity contribution in [1.82, 2.24) is 5.32 Å². The summed E-state index contributed by atoms with van der Waals surface area (Å²) >= 11 is 0. The molecule has 3 unspecified atom stereocenters. The van der Waals surface area contributed by atoms with Gasteiger partial charge in [0.25, 0.3) is 0 Å². The number of hydrogen-bond acceptors (Lipinski definition) is 1. The van der Waals surface area contributed by atoms with Crippen molar-refractivity contribution < 1.29 is 0 Å². The summed E-state index contributed by atoms with van der Waals surface area (Å²) in [6, 6.07) is 0. The Labute approximate surface area is 89.7 Å². The molecule has 0 saturated heterocycles. The van der Waals surface area contributed by atoms with Crippen LogP contribution in [-0.4, -0.2) is 12.1 Å². The summed E-state index contributed by atoms with van der Waals surface area (Å²) in [7, 11) is 0. The van der Waals surface area contributed by atoms with Gasteiger partial charge in [-0.1, -0.05) is 20.3 Å². The lowest BCUT2D eigenvalue weighted by Crippen LogP contribution is -2.39. The van der Waals surface area contributed by atoms with Crippen molar-refractivity contribution in [3.63, 3.8) is 0 Å². The second-order valence-electron chi connectivity index (χ2n) is 6.11. The summed E-state index contributed by atoms with van der Waals surface area (Å²) in [6.07, 6.45) is 4.27. The predicted octanol–water partition coefficient (Wildman–Crippen LogP) is 3.45. The van der Waals surface area contributed by atoms with E-state index in [1.807, 2.05) is 0 Å². The quantitative estimate of drug-likeness (QED) is 0.731. The van der Waals surface area contributed by atoms with Gasteiger partial charge in [-0.25, -0.2) is 0 Å². The van der Waals surface area contributed by atoms with Crippen molar-refractivity contribution in [1.29, 1.82) is 0 Å². The topological polar surface area (TPSA) is 12.0 Å². The van der Waals surface area contributed by atoms with Gasteiger partial charge in [0.1, 0.15) is 0 Å². The molecule has 1 saturated carbocycles. The lowest BCUT2D eigenvalue weighted by molar-refractivity contribution is 0.330. The van der Waals surface area contributed by atoms with Crippen LogP contribution >= 0.6 is 0 Å². The molecule has 0 aliphatic heterocycles. The fraction of sp³-hybridized carbons (Fsp3) is 1.00. The summed E-state index contributed by atoms with van der Waals surface area (Å²) in [5.74, 6) is 2.84. The Bertz CT molecular complexity index is 169. The van der Waals surface area contributed by atoms with Crippen LogP contribution in [0, 0.1) is 17.8 Å². The van der Waals surface area contributed by atoms with Crippen LogP contribution in [0.3, 0.4) is 0 Å². The standard InChI is InChI=1S/C13H27N/c1-6-11-7-10(2)12(8-11)9-14-13(3,4)5/h10-12,14H,6-9H2,1-5H3. The van der Waals surface area contributed by atoms with Crippen LogP contribution in [0.2, 0.25) is 0 Å². The summed E-state index contributed by atoms with van der Waals surface area (Å²) < 4.78 is 0. The molecule has 1 nitrogen and oxygen atoms in total. The van der Waals surface area contributed by atoms with E-state index in [-0.39, 0.29) is 5.54 Å². The van der Waals surface area contributed by atoms with Crippen LogP contribution in [0.1, 0.15) is 53.9 Å². The van der Waals surface area contributed by atoms with E-state index >= 15 is 0 Å². The lowest BCUT2D eigenvalue weighted by Gasteiger charge is -2.25. The van der Waals surface area contributed by atoms with Crippen LogP contribution < -0.4 is 5.32 Å². The first-order valence-electron chi connectivity index (χ1n) is 6.17. The molecule has 0 spiro atoms. The van der Waals surface area contributed by atoms with Gasteiger partial charge in [0, 0.05) is 5.54 Å². The number of hydrogen-bond donors (Lipinski definition) is 1. The Morgan fingerprint density at radius 1 is 1.21 bits per heavy atom. The molecule has 0 aromatic rings. The molecule has 0 aromatic carbocycles. The fourth-order valence-corrected chi connectivity index (χ4v) is 2.53. The SMILES string of the molecule is CCC1CC(C)C(CNC(C)(C)C)C1. The molecule has 1 aliphatic rings. The summed E-state index contributed by atoms with van der Waals surface area (Å²) in [4.78, 5) is 0. The maximum atomic E-state index is 3.64. The molecule has 0 bridgehead atoms. The van der Waals surface area contributed by atoms with E-state index in [4.69, 9.17) is 0 Å². The van der Waals surface area contributed by atoms with Crippen LogP contribution in [0.15, 0.2) is 0 Å². The Hall–Kier alpha value is -0.0400. The normalized spacial score (nSPS) is 33.6. The molecule has 3 atom stereocenters. The lowest BCUT2D eigenvalue weighted by atomic mass is 9.97. The minimum absolute atomic E-state index is 0.282. The van der Waals surface area contributed by atoms with Gasteiger partial charge in [-0.15, -0.1) is 0 Å². The molecular formula is C13H27N. The molecule has 1 N–H and O–H groups in total. The molecule has 1 aliphatic carbocycles. The Morgan fingerprint density at radius 3 is 2.29 bits per heavy atom. The molecule has 0 amide bonds. The molecule has 84 valence electrons. The maximum Gasteiger partial charge on any atom is 0.00966 e. The summed E-state index contributed by atoms with van der Waals surface area (Å²) in [5.41, 5.74) is 0.282. The minimum Gasteiger partial charge on any atom is -0.312 e. The van der Waals surface area contributed by atoms with Crippen LogP contribution in [0.4, 0.5) is 0 Å². The second kappa shape index (κ2) is 4.65. The molecule has 14 heavy (non-hydrogen) atoms. The van der Waals surface area contributed by atoms with E-state index in [1.54, 1.807) is 0 Å². The van der Waals surface area contributed by atoms with Crippen LogP contribution in [0.5, 0.6) is 0 Å². The highest BCUT2D eigenvalue weighted by Gasteiger charge is 2.30. The van der Waals surface area contributed by atoms with E-state index in [1.165, 1.54) is 25.8 Å². The first-order valence-corrected chi connectivity index (χ1v) is 6.17. The largest absolute Gasteiger partial charge is 0.312 e. The zero-order chi connectivity index (χ0) is 10.8. The summed E-state index contributed by atoms with van der Waals surface area (Å²) in [6.45, 7) is 12.7. The van der Waals surface area contributed by atoms with Gasteiger partial charge in [-0.3, -0.25) is 0 Å². The van der Waals surface area contributed by atoms with Crippen molar-refractivity contribution in [3.8, 4) is 0 Å². The average Bonchev–Trinajstić information content (AvgIpc) is 2.42. The fourth-order valence-electron chi connectivity index (χ4n) is 2.53. The van der Waals surface area contributed by atoms with Crippen LogP contribution in [-0.2, 0) is 0 Å². The molecule has 0 radical (unpaired) electrons. The average molecular weight is 197 g/mol. The van der Waals surface area contributed by atoms with Gasteiger partial charge in [-0.05, 0) is 57.9 Å². The smallest absolute Gasteiger partial charge is 0.00966 e. The van der Waals surface area contributed by atoms with E-state index < -0.39 is 0 Å². The molecule has 1 fully saturated rings.